The number of Topliss-reactive ketones (excluding diaryl/α,β-unsaturated/α-hetero) is 1. The summed E-state index contributed by atoms with van der Waals surface area (Å²) < 4.78 is 0. The van der Waals surface area contributed by atoms with Gasteiger partial charge >= 0.3 is 0 Å². The van der Waals surface area contributed by atoms with Crippen molar-refractivity contribution < 1.29 is 9.90 Å². The Bertz CT molecular complexity index is 673. The summed E-state index contributed by atoms with van der Waals surface area (Å²) in [5.41, 5.74) is 1.92. The minimum absolute atomic E-state index is 0.0946. The van der Waals surface area contributed by atoms with Crippen LogP contribution in [0.1, 0.15) is 112 Å². The molecule has 0 amide bonds. The number of likely N-dealkylation sites (N-methyl/N-ethyl adjacent to an activating group) is 1. The molecule has 0 aliphatic heterocycles. The van der Waals surface area contributed by atoms with Crippen molar-refractivity contribution in [3.05, 3.63) is 35.5 Å². The van der Waals surface area contributed by atoms with Crippen LogP contribution in [0, 0.1) is 17.3 Å². The highest BCUT2D eigenvalue weighted by Gasteiger charge is 2.51. The molecule has 0 bridgehead atoms. The van der Waals surface area contributed by atoms with E-state index in [0.29, 0.717) is 12.5 Å². The number of hydrogen-bond acceptors (Lipinski definition) is 3. The lowest BCUT2D eigenvalue weighted by Gasteiger charge is -2.50. The van der Waals surface area contributed by atoms with Crippen molar-refractivity contribution in [2.75, 3.05) is 13.6 Å². The van der Waals surface area contributed by atoms with E-state index in [9.17, 15) is 9.90 Å². The molecule has 0 radical (unpaired) electrons. The number of carbonyl (C=O) groups is 1. The van der Waals surface area contributed by atoms with Gasteiger partial charge in [0.1, 0.15) is 5.78 Å². The number of carbonyl (C=O) groups excluding carboxylic acids is 1. The van der Waals surface area contributed by atoms with Crippen LogP contribution in [0.15, 0.2) is 35.5 Å². The second-order valence-electron chi connectivity index (χ2n) is 11.1. The lowest BCUT2D eigenvalue weighted by atomic mass is 9.58. The van der Waals surface area contributed by atoms with Crippen molar-refractivity contribution in [1.82, 2.24) is 5.32 Å². The topological polar surface area (TPSA) is 49.3 Å². The van der Waals surface area contributed by atoms with Gasteiger partial charge in [0, 0.05) is 5.92 Å². The van der Waals surface area contributed by atoms with E-state index < -0.39 is 5.60 Å². The standard InChI is InChI=1S/C17H29NO2.C10H16.C3H8/c1-12-5-6-14(9-12)17(20)8-7-13(10-16(17,2)3)15(19)11-18-4;1-2-3-7-10-8-5-4-6-9-10;1-3-2/h6,12-13,18,20H,5,7-11H2,1-4H3;4-5,8H,2-3,6-7,9H2,1H3;3H2,1-2H3. The molecule has 3 aliphatic carbocycles. The highest BCUT2D eigenvalue weighted by molar-refractivity contribution is 5.83. The van der Waals surface area contributed by atoms with Gasteiger partial charge in [0.05, 0.1) is 12.1 Å². The van der Waals surface area contributed by atoms with E-state index >= 15 is 0 Å². The SMILES string of the molecule is CCC.CCCCC1=CC=CCC1.CNCC(=O)C1CCC(O)(C2=CCC(C)C2)C(C)(C)C1. The zero-order valence-corrected chi connectivity index (χ0v) is 22.8. The number of aliphatic hydroxyl groups is 1. The molecule has 3 heteroatoms. The minimum atomic E-state index is -0.714. The van der Waals surface area contributed by atoms with E-state index in [4.69, 9.17) is 0 Å². The van der Waals surface area contributed by atoms with Crippen LogP contribution in [-0.4, -0.2) is 30.1 Å². The predicted molar refractivity (Wildman–Crippen MR) is 143 cm³/mol. The van der Waals surface area contributed by atoms with Gasteiger partial charge in [-0.15, -0.1) is 0 Å². The fourth-order valence-corrected chi connectivity index (χ4v) is 5.28. The van der Waals surface area contributed by atoms with E-state index in [1.807, 2.05) is 7.05 Å². The van der Waals surface area contributed by atoms with Crippen molar-refractivity contribution in [3.8, 4) is 0 Å². The molecule has 3 rings (SSSR count). The molecule has 190 valence electrons. The van der Waals surface area contributed by atoms with Crippen LogP contribution in [0.3, 0.4) is 0 Å². The van der Waals surface area contributed by atoms with Crippen LogP contribution in [-0.2, 0) is 4.79 Å². The van der Waals surface area contributed by atoms with Crippen molar-refractivity contribution in [2.24, 2.45) is 17.3 Å². The zero-order chi connectivity index (χ0) is 24.9. The van der Waals surface area contributed by atoms with Crippen molar-refractivity contribution in [3.63, 3.8) is 0 Å². The summed E-state index contributed by atoms with van der Waals surface area (Å²) in [5.74, 6) is 1.03. The Morgan fingerprint density at radius 3 is 2.42 bits per heavy atom. The first kappa shape index (κ1) is 29.8. The molecule has 0 aromatic rings. The van der Waals surface area contributed by atoms with Crippen LogP contribution < -0.4 is 5.32 Å². The highest BCUT2D eigenvalue weighted by atomic mass is 16.3. The van der Waals surface area contributed by atoms with Crippen molar-refractivity contribution in [2.45, 2.75) is 118 Å². The summed E-state index contributed by atoms with van der Waals surface area (Å²) in [6.07, 6.45) is 21.2. The van der Waals surface area contributed by atoms with Gasteiger partial charge in [0.2, 0.25) is 0 Å². The average Bonchev–Trinajstić information content (AvgIpc) is 3.23. The van der Waals surface area contributed by atoms with E-state index in [0.717, 1.165) is 32.1 Å². The Morgan fingerprint density at radius 2 is 1.94 bits per heavy atom. The maximum Gasteiger partial charge on any atom is 0.149 e. The number of rotatable bonds is 7. The second kappa shape index (κ2) is 14.9. The summed E-state index contributed by atoms with van der Waals surface area (Å²) in [4.78, 5) is 12.1. The summed E-state index contributed by atoms with van der Waals surface area (Å²) in [6, 6.07) is 0. The zero-order valence-electron chi connectivity index (χ0n) is 22.8. The molecule has 3 unspecified atom stereocenters. The van der Waals surface area contributed by atoms with E-state index in [1.54, 1.807) is 5.57 Å². The van der Waals surface area contributed by atoms with Gasteiger partial charge in [-0.3, -0.25) is 4.79 Å². The largest absolute Gasteiger partial charge is 0.385 e. The Labute approximate surface area is 205 Å². The van der Waals surface area contributed by atoms with Gasteiger partial charge in [-0.1, -0.05) is 84.3 Å². The van der Waals surface area contributed by atoms with Crippen LogP contribution in [0.25, 0.3) is 0 Å². The molecule has 3 aliphatic rings. The molecule has 0 saturated heterocycles. The molecule has 2 N–H and O–H groups in total. The normalized spacial score (nSPS) is 28.0. The second-order valence-corrected chi connectivity index (χ2v) is 11.1. The van der Waals surface area contributed by atoms with E-state index in [1.165, 1.54) is 44.1 Å². The molecule has 0 aromatic heterocycles. The summed E-state index contributed by atoms with van der Waals surface area (Å²) in [7, 11) is 1.81. The Hall–Kier alpha value is -1.19. The molecule has 1 saturated carbocycles. The number of allylic oxidation sites excluding steroid dienone is 5. The van der Waals surface area contributed by atoms with Gasteiger partial charge in [0.25, 0.3) is 0 Å². The van der Waals surface area contributed by atoms with E-state index in [-0.39, 0.29) is 17.1 Å². The third-order valence-corrected chi connectivity index (χ3v) is 7.36. The first-order valence-corrected chi connectivity index (χ1v) is 13.6. The van der Waals surface area contributed by atoms with Gasteiger partial charge in [-0.05, 0) is 81.7 Å². The summed E-state index contributed by atoms with van der Waals surface area (Å²) in [5, 5.41) is 14.2. The monoisotopic (exact) mass is 459 g/mol. The fourth-order valence-electron chi connectivity index (χ4n) is 5.28. The van der Waals surface area contributed by atoms with Gasteiger partial charge < -0.3 is 10.4 Å². The Morgan fingerprint density at radius 1 is 1.24 bits per heavy atom. The molecular weight excluding hydrogens is 406 g/mol. The molecular formula is C30H53NO2. The number of ketones is 1. The first-order valence-electron chi connectivity index (χ1n) is 13.6. The third kappa shape index (κ3) is 9.17. The average molecular weight is 460 g/mol. The highest BCUT2D eigenvalue weighted by Crippen LogP contribution is 2.52. The van der Waals surface area contributed by atoms with Crippen LogP contribution >= 0.6 is 0 Å². The molecule has 0 heterocycles. The fraction of sp³-hybridized carbons (Fsp3) is 0.767. The van der Waals surface area contributed by atoms with Crippen LogP contribution in [0.2, 0.25) is 0 Å². The third-order valence-electron chi connectivity index (χ3n) is 7.36. The summed E-state index contributed by atoms with van der Waals surface area (Å²) in [6.45, 7) is 13.4. The van der Waals surface area contributed by atoms with Crippen LogP contribution in [0.4, 0.5) is 0 Å². The Kier molecular flexibility index (Phi) is 13.5. The Balaban J connectivity index is 0.000000349. The first-order chi connectivity index (χ1) is 15.6. The number of nitrogens with one attached hydrogen (secondary N) is 1. The van der Waals surface area contributed by atoms with Crippen molar-refractivity contribution in [1.29, 1.82) is 0 Å². The van der Waals surface area contributed by atoms with Crippen LogP contribution in [0.5, 0.6) is 0 Å². The lowest BCUT2D eigenvalue weighted by molar-refractivity contribution is -0.131. The lowest BCUT2D eigenvalue weighted by Crippen LogP contribution is -2.52. The molecule has 33 heavy (non-hydrogen) atoms. The smallest absolute Gasteiger partial charge is 0.149 e. The maximum absolute atomic E-state index is 12.1. The molecule has 0 spiro atoms. The maximum atomic E-state index is 12.1. The minimum Gasteiger partial charge on any atom is -0.385 e. The molecule has 3 nitrogen and oxygen atoms in total. The number of unbranched alkanes of at least 4 members (excludes halogenated alkanes) is 1. The molecule has 1 fully saturated rings. The predicted octanol–water partition coefficient (Wildman–Crippen LogP) is 7.56. The van der Waals surface area contributed by atoms with Gasteiger partial charge in [-0.2, -0.15) is 0 Å². The molecule has 0 aromatic carbocycles. The van der Waals surface area contributed by atoms with E-state index in [2.05, 4.69) is 71.2 Å². The van der Waals surface area contributed by atoms with Crippen molar-refractivity contribution >= 4 is 5.78 Å². The quantitative estimate of drug-likeness (QED) is 0.386. The molecule has 3 atom stereocenters. The number of hydrogen-bond donors (Lipinski definition) is 2. The van der Waals surface area contributed by atoms with Gasteiger partial charge in [0.15, 0.2) is 0 Å². The van der Waals surface area contributed by atoms with Gasteiger partial charge in [-0.25, -0.2) is 0 Å². The summed E-state index contributed by atoms with van der Waals surface area (Å²) >= 11 is 0.